The van der Waals surface area contributed by atoms with Gasteiger partial charge in [-0.2, -0.15) is 13.2 Å². The van der Waals surface area contributed by atoms with E-state index in [2.05, 4.69) is 0 Å². The smallest absolute Gasteiger partial charge is 0.171 e. The maximum Gasteiger partial charge on any atom is 0.392 e. The Morgan fingerprint density at radius 1 is 1.25 bits per heavy atom. The van der Waals surface area contributed by atoms with Crippen LogP contribution in [0.3, 0.4) is 0 Å². The van der Waals surface area contributed by atoms with Gasteiger partial charge >= 0.3 is 6.18 Å². The molecule has 1 unspecified atom stereocenters. The summed E-state index contributed by atoms with van der Waals surface area (Å²) in [6.45, 7) is 1.64. The fourth-order valence-electron chi connectivity index (χ4n) is 2.19. The SMILES string of the molecule is CCC(C1CCCC1)C(F)(F)F. The van der Waals surface area contributed by atoms with Gasteiger partial charge in [-0.1, -0.05) is 19.8 Å². The Balaban J connectivity index is 2.54. The zero-order valence-corrected chi connectivity index (χ0v) is 7.32. The zero-order valence-electron chi connectivity index (χ0n) is 7.32. The summed E-state index contributed by atoms with van der Waals surface area (Å²) < 4.78 is 37.1. The average molecular weight is 180 g/mol. The maximum atomic E-state index is 12.4. The van der Waals surface area contributed by atoms with E-state index in [1.807, 2.05) is 0 Å². The quantitative estimate of drug-likeness (QED) is 0.606. The van der Waals surface area contributed by atoms with Gasteiger partial charge in [-0.3, -0.25) is 0 Å². The van der Waals surface area contributed by atoms with Crippen molar-refractivity contribution in [3.63, 3.8) is 0 Å². The molecule has 1 atom stereocenters. The molecule has 0 aromatic heterocycles. The second-order valence-corrected chi connectivity index (χ2v) is 3.60. The van der Waals surface area contributed by atoms with Gasteiger partial charge in [-0.25, -0.2) is 0 Å². The molecule has 1 rings (SSSR count). The van der Waals surface area contributed by atoms with E-state index in [1.54, 1.807) is 6.92 Å². The van der Waals surface area contributed by atoms with Crippen molar-refractivity contribution in [1.29, 1.82) is 0 Å². The van der Waals surface area contributed by atoms with Gasteiger partial charge in [-0.05, 0) is 25.2 Å². The Kier molecular flexibility index (Phi) is 3.02. The summed E-state index contributed by atoms with van der Waals surface area (Å²) in [6, 6.07) is 0. The highest BCUT2D eigenvalue weighted by molar-refractivity contribution is 4.79. The molecule has 12 heavy (non-hydrogen) atoms. The number of halogens is 3. The summed E-state index contributed by atoms with van der Waals surface area (Å²) >= 11 is 0. The predicted octanol–water partition coefficient (Wildman–Crippen LogP) is 3.77. The van der Waals surface area contributed by atoms with E-state index in [1.165, 1.54) is 0 Å². The first-order valence-electron chi connectivity index (χ1n) is 4.62. The molecule has 0 aliphatic heterocycles. The van der Waals surface area contributed by atoms with Crippen molar-refractivity contribution in [2.24, 2.45) is 11.8 Å². The van der Waals surface area contributed by atoms with Crippen molar-refractivity contribution in [3.05, 3.63) is 0 Å². The number of rotatable bonds is 2. The molecule has 72 valence electrons. The molecule has 0 heterocycles. The molecule has 0 nitrogen and oxygen atoms in total. The summed E-state index contributed by atoms with van der Waals surface area (Å²) in [5.74, 6) is -1.13. The van der Waals surface area contributed by atoms with E-state index < -0.39 is 12.1 Å². The van der Waals surface area contributed by atoms with E-state index >= 15 is 0 Å². The summed E-state index contributed by atoms with van der Waals surface area (Å²) in [5, 5.41) is 0. The molecule has 0 bridgehead atoms. The van der Waals surface area contributed by atoms with Crippen molar-refractivity contribution < 1.29 is 13.2 Å². The first kappa shape index (κ1) is 9.87. The third-order valence-electron chi connectivity index (χ3n) is 2.83. The van der Waals surface area contributed by atoms with Gasteiger partial charge in [-0.15, -0.1) is 0 Å². The van der Waals surface area contributed by atoms with Crippen LogP contribution in [0.5, 0.6) is 0 Å². The Labute approximate surface area is 71.1 Å². The van der Waals surface area contributed by atoms with Gasteiger partial charge in [0.25, 0.3) is 0 Å². The molecule has 0 saturated heterocycles. The Hall–Kier alpha value is -0.210. The Bertz CT molecular complexity index is 133. The first-order valence-corrected chi connectivity index (χ1v) is 4.62. The highest BCUT2D eigenvalue weighted by Crippen LogP contribution is 2.42. The van der Waals surface area contributed by atoms with E-state index in [-0.39, 0.29) is 12.3 Å². The molecule has 1 aliphatic rings. The van der Waals surface area contributed by atoms with E-state index in [0.29, 0.717) is 0 Å². The Morgan fingerprint density at radius 2 is 1.75 bits per heavy atom. The molecule has 0 aromatic rings. The molecule has 3 heteroatoms. The highest BCUT2D eigenvalue weighted by atomic mass is 19.4. The van der Waals surface area contributed by atoms with Crippen molar-refractivity contribution >= 4 is 0 Å². The van der Waals surface area contributed by atoms with Crippen LogP contribution >= 0.6 is 0 Å². The van der Waals surface area contributed by atoms with Crippen molar-refractivity contribution in [2.45, 2.75) is 45.2 Å². The van der Waals surface area contributed by atoms with Gasteiger partial charge in [0, 0.05) is 0 Å². The highest BCUT2D eigenvalue weighted by Gasteiger charge is 2.43. The van der Waals surface area contributed by atoms with Crippen LogP contribution in [0, 0.1) is 11.8 Å². The van der Waals surface area contributed by atoms with Gasteiger partial charge in [0.2, 0.25) is 0 Å². The van der Waals surface area contributed by atoms with Crippen molar-refractivity contribution in [3.8, 4) is 0 Å². The molecule has 0 spiro atoms. The lowest BCUT2D eigenvalue weighted by atomic mass is 9.88. The average Bonchev–Trinajstić information content (AvgIpc) is 2.38. The lowest BCUT2D eigenvalue weighted by Gasteiger charge is -2.24. The maximum absolute atomic E-state index is 12.4. The molecule has 0 aromatic carbocycles. The normalized spacial score (nSPS) is 23.0. The minimum atomic E-state index is -3.97. The van der Waals surface area contributed by atoms with Crippen LogP contribution in [0.15, 0.2) is 0 Å². The molecule has 0 amide bonds. The fraction of sp³-hybridized carbons (Fsp3) is 1.00. The topological polar surface area (TPSA) is 0 Å². The predicted molar refractivity (Wildman–Crippen MR) is 41.8 cm³/mol. The van der Waals surface area contributed by atoms with Gasteiger partial charge in [0.1, 0.15) is 0 Å². The largest absolute Gasteiger partial charge is 0.392 e. The van der Waals surface area contributed by atoms with Crippen LogP contribution in [0.25, 0.3) is 0 Å². The van der Waals surface area contributed by atoms with Gasteiger partial charge < -0.3 is 0 Å². The molecule has 0 radical (unpaired) electrons. The number of hydrogen-bond donors (Lipinski definition) is 0. The third-order valence-corrected chi connectivity index (χ3v) is 2.83. The molecule has 1 aliphatic carbocycles. The third kappa shape index (κ3) is 2.14. The van der Waals surface area contributed by atoms with Crippen LogP contribution in [0.4, 0.5) is 13.2 Å². The molecular weight excluding hydrogens is 165 g/mol. The Morgan fingerprint density at radius 3 is 2.08 bits per heavy atom. The summed E-state index contributed by atoms with van der Waals surface area (Å²) in [7, 11) is 0. The van der Waals surface area contributed by atoms with Crippen LogP contribution in [0.1, 0.15) is 39.0 Å². The van der Waals surface area contributed by atoms with Crippen LogP contribution in [0.2, 0.25) is 0 Å². The van der Waals surface area contributed by atoms with Gasteiger partial charge in [0.05, 0.1) is 5.92 Å². The summed E-state index contributed by atoms with van der Waals surface area (Å²) in [6.07, 6.45) is -0.206. The molecule has 0 N–H and O–H groups in total. The second-order valence-electron chi connectivity index (χ2n) is 3.60. The first-order chi connectivity index (χ1) is 5.55. The van der Waals surface area contributed by atoms with E-state index in [4.69, 9.17) is 0 Å². The number of hydrogen-bond acceptors (Lipinski definition) is 0. The lowest BCUT2D eigenvalue weighted by molar-refractivity contribution is -0.189. The molecule has 1 fully saturated rings. The van der Waals surface area contributed by atoms with Crippen LogP contribution < -0.4 is 0 Å². The summed E-state index contributed by atoms with van der Waals surface area (Å²) in [5.41, 5.74) is 0. The van der Waals surface area contributed by atoms with E-state index in [0.717, 1.165) is 25.7 Å². The second kappa shape index (κ2) is 3.67. The number of alkyl halides is 3. The lowest BCUT2D eigenvalue weighted by Crippen LogP contribution is -2.28. The monoisotopic (exact) mass is 180 g/mol. The minimum Gasteiger partial charge on any atom is -0.171 e. The minimum absolute atomic E-state index is 0.0880. The zero-order chi connectivity index (χ0) is 9.19. The van der Waals surface area contributed by atoms with Crippen LogP contribution in [-0.4, -0.2) is 6.18 Å². The van der Waals surface area contributed by atoms with Crippen molar-refractivity contribution in [2.75, 3.05) is 0 Å². The van der Waals surface area contributed by atoms with E-state index in [9.17, 15) is 13.2 Å². The molecular formula is C9H15F3. The molecule has 1 saturated carbocycles. The standard InChI is InChI=1S/C9H15F3/c1-2-8(9(10,11)12)7-5-3-4-6-7/h7-8H,2-6H2,1H3. The van der Waals surface area contributed by atoms with Gasteiger partial charge in [0.15, 0.2) is 0 Å². The van der Waals surface area contributed by atoms with Crippen LogP contribution in [-0.2, 0) is 0 Å². The van der Waals surface area contributed by atoms with Crippen molar-refractivity contribution in [1.82, 2.24) is 0 Å². The fourth-order valence-corrected chi connectivity index (χ4v) is 2.19. The summed E-state index contributed by atoms with van der Waals surface area (Å²) in [4.78, 5) is 0.